The van der Waals surface area contributed by atoms with Crippen molar-refractivity contribution >= 4 is 10.8 Å². The third kappa shape index (κ3) is 3.81. The molecule has 0 saturated carbocycles. The van der Waals surface area contributed by atoms with Crippen molar-refractivity contribution in [3.63, 3.8) is 0 Å². The summed E-state index contributed by atoms with van der Waals surface area (Å²) >= 11 is 0. The molecule has 0 atom stereocenters. The van der Waals surface area contributed by atoms with Crippen LogP contribution in [0.1, 0.15) is 18.4 Å². The molecule has 0 aliphatic rings. The number of benzene rings is 2. The number of likely N-dealkylation sites (N-methyl/N-ethyl adjacent to an activating group) is 1. The molecule has 2 heteroatoms. The first kappa shape index (κ1) is 13.6. The van der Waals surface area contributed by atoms with Crippen molar-refractivity contribution in [2.24, 2.45) is 0 Å². The number of unbranched alkanes of at least 4 members (excludes halogenated alkanes) is 1. The Morgan fingerprint density at radius 3 is 2.68 bits per heavy atom. The summed E-state index contributed by atoms with van der Waals surface area (Å²) in [7, 11) is 2.13. The zero-order valence-corrected chi connectivity index (χ0v) is 11.5. The summed E-state index contributed by atoms with van der Waals surface area (Å²) in [4.78, 5) is 2.30. The first-order chi connectivity index (χ1) is 9.31. The Hall–Kier alpha value is -1.85. The van der Waals surface area contributed by atoms with E-state index in [9.17, 15) is 0 Å². The Balaban J connectivity index is 1.96. The molecule has 0 heterocycles. The van der Waals surface area contributed by atoms with Gasteiger partial charge in [-0.15, -0.1) is 0 Å². The summed E-state index contributed by atoms with van der Waals surface area (Å²) in [6.07, 6.45) is 2.67. The minimum Gasteiger partial charge on any atom is -0.306 e. The van der Waals surface area contributed by atoms with Crippen molar-refractivity contribution in [3.05, 3.63) is 48.0 Å². The first-order valence-corrected chi connectivity index (χ1v) is 6.83. The minimum atomic E-state index is 0.651. The van der Waals surface area contributed by atoms with E-state index in [-0.39, 0.29) is 0 Å². The van der Waals surface area contributed by atoms with Crippen LogP contribution in [-0.4, -0.2) is 25.0 Å². The highest BCUT2D eigenvalue weighted by Crippen LogP contribution is 2.18. The van der Waals surface area contributed by atoms with Crippen molar-refractivity contribution in [1.82, 2.24) is 4.90 Å². The van der Waals surface area contributed by atoms with Gasteiger partial charge in [0.05, 0.1) is 6.07 Å². The molecule has 0 amide bonds. The molecular formula is C17H20N2. The SMILES string of the molecule is CN(CCCC#N)CCc1cccc2ccccc12. The van der Waals surface area contributed by atoms with Crippen LogP contribution in [0.15, 0.2) is 42.5 Å². The molecule has 0 N–H and O–H groups in total. The normalized spacial score (nSPS) is 10.8. The average molecular weight is 252 g/mol. The molecule has 19 heavy (non-hydrogen) atoms. The highest BCUT2D eigenvalue weighted by molar-refractivity contribution is 5.85. The fraction of sp³-hybridized carbons (Fsp3) is 0.353. The lowest BCUT2D eigenvalue weighted by atomic mass is 10.0. The number of rotatable bonds is 6. The van der Waals surface area contributed by atoms with Gasteiger partial charge < -0.3 is 4.90 Å². The molecule has 0 fully saturated rings. The lowest BCUT2D eigenvalue weighted by Crippen LogP contribution is -2.22. The van der Waals surface area contributed by atoms with Crippen molar-refractivity contribution in [3.8, 4) is 6.07 Å². The summed E-state index contributed by atoms with van der Waals surface area (Å²) < 4.78 is 0. The van der Waals surface area contributed by atoms with E-state index in [4.69, 9.17) is 5.26 Å². The zero-order valence-electron chi connectivity index (χ0n) is 11.5. The zero-order chi connectivity index (χ0) is 13.5. The van der Waals surface area contributed by atoms with Crippen LogP contribution in [-0.2, 0) is 6.42 Å². The molecule has 0 unspecified atom stereocenters. The fourth-order valence-electron chi connectivity index (χ4n) is 2.36. The molecule has 0 saturated heterocycles. The Morgan fingerprint density at radius 2 is 1.84 bits per heavy atom. The predicted molar refractivity (Wildman–Crippen MR) is 80.0 cm³/mol. The third-order valence-electron chi connectivity index (χ3n) is 3.47. The molecule has 0 bridgehead atoms. The number of nitrogens with zero attached hydrogens (tertiary/aromatic N) is 2. The number of hydrogen-bond acceptors (Lipinski definition) is 2. The third-order valence-corrected chi connectivity index (χ3v) is 3.47. The van der Waals surface area contributed by atoms with Crippen LogP contribution in [0.3, 0.4) is 0 Å². The number of nitriles is 1. The van der Waals surface area contributed by atoms with Crippen LogP contribution < -0.4 is 0 Å². The van der Waals surface area contributed by atoms with Gasteiger partial charge in [-0.1, -0.05) is 42.5 Å². The molecule has 2 rings (SSSR count). The first-order valence-electron chi connectivity index (χ1n) is 6.83. The van der Waals surface area contributed by atoms with Gasteiger partial charge in [-0.05, 0) is 42.8 Å². The Labute approximate surface area is 115 Å². The average Bonchev–Trinajstić information content (AvgIpc) is 2.45. The Morgan fingerprint density at radius 1 is 1.05 bits per heavy atom. The summed E-state index contributed by atoms with van der Waals surface area (Å²) in [5, 5.41) is 11.2. The highest BCUT2D eigenvalue weighted by Gasteiger charge is 2.02. The molecule has 0 spiro atoms. The van der Waals surface area contributed by atoms with Crippen molar-refractivity contribution in [2.75, 3.05) is 20.1 Å². The maximum atomic E-state index is 8.54. The summed E-state index contributed by atoms with van der Waals surface area (Å²) in [5.74, 6) is 0. The van der Waals surface area contributed by atoms with E-state index in [1.54, 1.807) is 0 Å². The number of fused-ring (bicyclic) bond motifs is 1. The van der Waals surface area contributed by atoms with Gasteiger partial charge in [-0.2, -0.15) is 5.26 Å². The van der Waals surface area contributed by atoms with Gasteiger partial charge in [-0.3, -0.25) is 0 Å². The second-order valence-electron chi connectivity index (χ2n) is 4.95. The van der Waals surface area contributed by atoms with Crippen LogP contribution >= 0.6 is 0 Å². The molecule has 0 aliphatic carbocycles. The quantitative estimate of drug-likeness (QED) is 0.734. The Bertz CT molecular complexity index is 563. The maximum Gasteiger partial charge on any atom is 0.0622 e. The van der Waals surface area contributed by atoms with Gasteiger partial charge in [0.2, 0.25) is 0 Å². The second kappa shape index (κ2) is 6.92. The topological polar surface area (TPSA) is 27.0 Å². The van der Waals surface area contributed by atoms with Gasteiger partial charge in [0, 0.05) is 13.0 Å². The molecule has 0 radical (unpaired) electrons. The van der Waals surface area contributed by atoms with Crippen LogP contribution in [0, 0.1) is 11.3 Å². The van der Waals surface area contributed by atoms with Gasteiger partial charge >= 0.3 is 0 Å². The largest absolute Gasteiger partial charge is 0.306 e. The van der Waals surface area contributed by atoms with E-state index in [1.165, 1.54) is 16.3 Å². The monoisotopic (exact) mass is 252 g/mol. The van der Waals surface area contributed by atoms with Crippen LogP contribution in [0.4, 0.5) is 0 Å². The van der Waals surface area contributed by atoms with Gasteiger partial charge in [0.15, 0.2) is 0 Å². The van der Waals surface area contributed by atoms with Crippen LogP contribution in [0.2, 0.25) is 0 Å². The predicted octanol–water partition coefficient (Wildman–Crippen LogP) is 3.62. The standard InChI is InChI=1S/C17H20N2/c1-19(13-5-4-12-18)14-11-16-9-6-8-15-7-2-3-10-17(15)16/h2-3,6-10H,4-5,11,13-14H2,1H3. The van der Waals surface area contributed by atoms with E-state index >= 15 is 0 Å². The molecule has 2 aromatic carbocycles. The van der Waals surface area contributed by atoms with E-state index in [1.807, 2.05) is 0 Å². The van der Waals surface area contributed by atoms with Crippen molar-refractivity contribution in [1.29, 1.82) is 5.26 Å². The molecule has 0 aliphatic heterocycles. The van der Waals surface area contributed by atoms with E-state index < -0.39 is 0 Å². The van der Waals surface area contributed by atoms with Gasteiger partial charge in [0.1, 0.15) is 0 Å². The fourth-order valence-corrected chi connectivity index (χ4v) is 2.36. The lowest BCUT2D eigenvalue weighted by Gasteiger charge is -2.16. The van der Waals surface area contributed by atoms with Gasteiger partial charge in [-0.25, -0.2) is 0 Å². The summed E-state index contributed by atoms with van der Waals surface area (Å²) in [5.41, 5.74) is 1.41. The lowest BCUT2D eigenvalue weighted by molar-refractivity contribution is 0.335. The van der Waals surface area contributed by atoms with Crippen LogP contribution in [0.25, 0.3) is 10.8 Å². The highest BCUT2D eigenvalue weighted by atomic mass is 15.1. The summed E-state index contributed by atoms with van der Waals surface area (Å²) in [6.45, 7) is 2.04. The molecule has 2 nitrogen and oxygen atoms in total. The smallest absolute Gasteiger partial charge is 0.0622 e. The van der Waals surface area contributed by atoms with Crippen molar-refractivity contribution < 1.29 is 0 Å². The molecule has 2 aromatic rings. The minimum absolute atomic E-state index is 0.651. The summed E-state index contributed by atoms with van der Waals surface area (Å²) in [6, 6.07) is 17.2. The Kier molecular flexibility index (Phi) is 4.94. The van der Waals surface area contributed by atoms with E-state index in [0.717, 1.165) is 25.9 Å². The number of hydrogen-bond donors (Lipinski definition) is 0. The van der Waals surface area contributed by atoms with Crippen LogP contribution in [0.5, 0.6) is 0 Å². The maximum absolute atomic E-state index is 8.54. The van der Waals surface area contributed by atoms with Gasteiger partial charge in [0.25, 0.3) is 0 Å². The van der Waals surface area contributed by atoms with E-state index in [2.05, 4.69) is 60.5 Å². The second-order valence-corrected chi connectivity index (χ2v) is 4.95. The molecule has 0 aromatic heterocycles. The van der Waals surface area contributed by atoms with E-state index in [0.29, 0.717) is 6.42 Å². The molecular weight excluding hydrogens is 232 g/mol. The molecule has 98 valence electrons. The van der Waals surface area contributed by atoms with Crippen molar-refractivity contribution in [2.45, 2.75) is 19.3 Å².